The molecule has 0 saturated heterocycles. The van der Waals surface area contributed by atoms with E-state index in [2.05, 4.69) is 16.0 Å². The monoisotopic (exact) mass is 178 g/mol. The molecule has 3 nitrogen and oxygen atoms in total. The maximum absolute atomic E-state index is 8.73. The standard InChI is InChI=1S/C10H14N2O/c13-7-1-5-12-6-3-9-2-4-11-8-10(9)12/h2,4,8,13H,1,3,5-7H2. The first-order valence-corrected chi connectivity index (χ1v) is 4.70. The van der Waals surface area contributed by atoms with Gasteiger partial charge in [-0.15, -0.1) is 0 Å². The van der Waals surface area contributed by atoms with E-state index in [4.69, 9.17) is 5.11 Å². The number of fused-ring (bicyclic) bond motifs is 1. The Labute approximate surface area is 78.0 Å². The minimum Gasteiger partial charge on any atom is -0.396 e. The van der Waals surface area contributed by atoms with Gasteiger partial charge in [-0.05, 0) is 24.5 Å². The molecule has 0 amide bonds. The van der Waals surface area contributed by atoms with Crippen LogP contribution in [0.4, 0.5) is 5.69 Å². The Bertz CT molecular complexity index is 288. The number of anilines is 1. The van der Waals surface area contributed by atoms with Crippen LogP contribution in [0.1, 0.15) is 12.0 Å². The highest BCUT2D eigenvalue weighted by molar-refractivity contribution is 5.55. The van der Waals surface area contributed by atoms with Crippen LogP contribution >= 0.6 is 0 Å². The maximum atomic E-state index is 8.73. The van der Waals surface area contributed by atoms with Crippen LogP contribution in [0.5, 0.6) is 0 Å². The minimum atomic E-state index is 0.270. The molecule has 1 N–H and O–H groups in total. The van der Waals surface area contributed by atoms with Crippen molar-refractivity contribution < 1.29 is 5.11 Å². The summed E-state index contributed by atoms with van der Waals surface area (Å²) in [4.78, 5) is 6.40. The Morgan fingerprint density at radius 1 is 1.54 bits per heavy atom. The number of hydrogen-bond acceptors (Lipinski definition) is 3. The van der Waals surface area contributed by atoms with Crippen molar-refractivity contribution in [3.8, 4) is 0 Å². The molecule has 0 saturated carbocycles. The topological polar surface area (TPSA) is 36.4 Å². The van der Waals surface area contributed by atoms with Crippen LogP contribution in [0, 0.1) is 0 Å². The SMILES string of the molecule is OCCCN1CCc2ccncc21. The van der Waals surface area contributed by atoms with E-state index in [1.807, 2.05) is 12.4 Å². The van der Waals surface area contributed by atoms with Gasteiger partial charge in [0, 0.05) is 25.9 Å². The summed E-state index contributed by atoms with van der Waals surface area (Å²) in [6, 6.07) is 2.08. The fraction of sp³-hybridized carbons (Fsp3) is 0.500. The van der Waals surface area contributed by atoms with E-state index in [0.717, 1.165) is 25.9 Å². The third-order valence-corrected chi connectivity index (χ3v) is 2.47. The van der Waals surface area contributed by atoms with Crippen LogP contribution < -0.4 is 4.90 Å². The molecule has 1 aliphatic rings. The van der Waals surface area contributed by atoms with Gasteiger partial charge < -0.3 is 10.0 Å². The molecule has 0 spiro atoms. The van der Waals surface area contributed by atoms with E-state index in [1.165, 1.54) is 11.3 Å². The number of hydrogen-bond donors (Lipinski definition) is 1. The summed E-state index contributed by atoms with van der Waals surface area (Å²) in [6.45, 7) is 2.28. The molecular weight excluding hydrogens is 164 g/mol. The first-order chi connectivity index (χ1) is 6.42. The van der Waals surface area contributed by atoms with Crippen molar-refractivity contribution in [2.24, 2.45) is 0 Å². The van der Waals surface area contributed by atoms with E-state index in [-0.39, 0.29) is 6.61 Å². The molecule has 0 radical (unpaired) electrons. The first kappa shape index (κ1) is 8.51. The molecule has 2 heterocycles. The van der Waals surface area contributed by atoms with Crippen molar-refractivity contribution in [1.29, 1.82) is 0 Å². The summed E-state index contributed by atoms with van der Waals surface area (Å²) >= 11 is 0. The lowest BCUT2D eigenvalue weighted by atomic mass is 10.2. The third kappa shape index (κ3) is 1.65. The second kappa shape index (κ2) is 3.75. The lowest BCUT2D eigenvalue weighted by Gasteiger charge is -2.17. The Kier molecular flexibility index (Phi) is 2.45. The Balaban J connectivity index is 2.09. The molecule has 1 aliphatic heterocycles. The van der Waals surface area contributed by atoms with Gasteiger partial charge in [0.1, 0.15) is 0 Å². The molecule has 3 heteroatoms. The summed E-state index contributed by atoms with van der Waals surface area (Å²) in [6.07, 6.45) is 5.71. The highest BCUT2D eigenvalue weighted by atomic mass is 16.3. The summed E-state index contributed by atoms with van der Waals surface area (Å²) in [5.41, 5.74) is 2.63. The molecule has 0 aliphatic carbocycles. The zero-order chi connectivity index (χ0) is 9.10. The van der Waals surface area contributed by atoms with Gasteiger partial charge in [-0.2, -0.15) is 0 Å². The van der Waals surface area contributed by atoms with Gasteiger partial charge in [0.25, 0.3) is 0 Å². The lowest BCUT2D eigenvalue weighted by Crippen LogP contribution is -2.22. The number of pyridine rings is 1. The second-order valence-electron chi connectivity index (χ2n) is 3.32. The van der Waals surface area contributed by atoms with E-state index in [0.29, 0.717) is 0 Å². The van der Waals surface area contributed by atoms with Crippen LogP contribution in [0.3, 0.4) is 0 Å². The molecule has 1 aromatic rings. The van der Waals surface area contributed by atoms with E-state index in [9.17, 15) is 0 Å². The van der Waals surface area contributed by atoms with Gasteiger partial charge in [0.05, 0.1) is 11.9 Å². The number of aliphatic hydroxyl groups excluding tert-OH is 1. The molecule has 13 heavy (non-hydrogen) atoms. The average Bonchev–Trinajstić information content (AvgIpc) is 2.58. The van der Waals surface area contributed by atoms with Crippen LogP contribution in [0.15, 0.2) is 18.5 Å². The molecule has 0 fully saturated rings. The fourth-order valence-electron chi connectivity index (χ4n) is 1.78. The summed E-state index contributed by atoms with van der Waals surface area (Å²) in [5, 5.41) is 8.73. The molecule has 0 bridgehead atoms. The van der Waals surface area contributed by atoms with Gasteiger partial charge in [-0.1, -0.05) is 0 Å². The second-order valence-corrected chi connectivity index (χ2v) is 3.32. The normalized spacial score (nSPS) is 14.7. The number of nitrogens with zero attached hydrogens (tertiary/aromatic N) is 2. The Morgan fingerprint density at radius 2 is 2.46 bits per heavy atom. The minimum absolute atomic E-state index is 0.270. The van der Waals surface area contributed by atoms with Crippen LogP contribution in [0.25, 0.3) is 0 Å². The van der Waals surface area contributed by atoms with Crippen LogP contribution in [-0.4, -0.2) is 29.8 Å². The highest BCUT2D eigenvalue weighted by Crippen LogP contribution is 2.25. The zero-order valence-electron chi connectivity index (χ0n) is 7.61. The Hall–Kier alpha value is -1.09. The van der Waals surface area contributed by atoms with Gasteiger partial charge in [-0.3, -0.25) is 4.98 Å². The third-order valence-electron chi connectivity index (χ3n) is 2.47. The molecular formula is C10H14N2O. The highest BCUT2D eigenvalue weighted by Gasteiger charge is 2.17. The molecule has 2 rings (SSSR count). The fourth-order valence-corrected chi connectivity index (χ4v) is 1.78. The molecule has 0 unspecified atom stereocenters. The number of rotatable bonds is 3. The van der Waals surface area contributed by atoms with Crippen molar-refractivity contribution in [2.45, 2.75) is 12.8 Å². The van der Waals surface area contributed by atoms with Crippen molar-refractivity contribution >= 4 is 5.69 Å². The summed E-state index contributed by atoms with van der Waals surface area (Å²) in [7, 11) is 0. The van der Waals surface area contributed by atoms with Crippen molar-refractivity contribution in [2.75, 3.05) is 24.6 Å². The van der Waals surface area contributed by atoms with Crippen LogP contribution in [-0.2, 0) is 6.42 Å². The molecule has 0 atom stereocenters. The van der Waals surface area contributed by atoms with Crippen molar-refractivity contribution in [1.82, 2.24) is 4.98 Å². The van der Waals surface area contributed by atoms with Gasteiger partial charge >= 0.3 is 0 Å². The Morgan fingerprint density at radius 3 is 3.31 bits per heavy atom. The zero-order valence-corrected chi connectivity index (χ0v) is 7.61. The first-order valence-electron chi connectivity index (χ1n) is 4.70. The smallest absolute Gasteiger partial charge is 0.0586 e. The van der Waals surface area contributed by atoms with E-state index in [1.54, 1.807) is 0 Å². The van der Waals surface area contributed by atoms with E-state index >= 15 is 0 Å². The summed E-state index contributed by atoms with van der Waals surface area (Å²) < 4.78 is 0. The van der Waals surface area contributed by atoms with Crippen molar-refractivity contribution in [3.63, 3.8) is 0 Å². The maximum Gasteiger partial charge on any atom is 0.0586 e. The van der Waals surface area contributed by atoms with Gasteiger partial charge in [0.2, 0.25) is 0 Å². The average molecular weight is 178 g/mol. The lowest BCUT2D eigenvalue weighted by molar-refractivity contribution is 0.290. The summed E-state index contributed by atoms with van der Waals surface area (Å²) in [5.74, 6) is 0. The quantitative estimate of drug-likeness (QED) is 0.744. The van der Waals surface area contributed by atoms with Crippen molar-refractivity contribution in [3.05, 3.63) is 24.0 Å². The predicted molar refractivity (Wildman–Crippen MR) is 51.9 cm³/mol. The van der Waals surface area contributed by atoms with Gasteiger partial charge in [0.15, 0.2) is 0 Å². The molecule has 70 valence electrons. The number of aromatic nitrogens is 1. The molecule has 0 aromatic carbocycles. The predicted octanol–water partition coefficient (Wildman–Crippen LogP) is 0.826. The van der Waals surface area contributed by atoms with Crippen LogP contribution in [0.2, 0.25) is 0 Å². The van der Waals surface area contributed by atoms with E-state index < -0.39 is 0 Å². The molecule has 1 aromatic heterocycles. The number of aliphatic hydroxyl groups is 1. The van der Waals surface area contributed by atoms with Gasteiger partial charge in [-0.25, -0.2) is 0 Å². The largest absolute Gasteiger partial charge is 0.396 e.